The van der Waals surface area contributed by atoms with E-state index in [9.17, 15) is 13.2 Å². The molecule has 0 heterocycles. The first-order valence-corrected chi connectivity index (χ1v) is 9.25. The Labute approximate surface area is 143 Å². The molecule has 6 nitrogen and oxygen atoms in total. The van der Waals surface area contributed by atoms with Gasteiger partial charge in [-0.25, -0.2) is 8.42 Å². The van der Waals surface area contributed by atoms with Gasteiger partial charge in [-0.15, -0.1) is 12.4 Å². The van der Waals surface area contributed by atoms with Gasteiger partial charge in [0.25, 0.3) is 0 Å². The van der Waals surface area contributed by atoms with E-state index in [0.717, 1.165) is 12.5 Å². The minimum Gasteiger partial charge on any atom is -0.325 e. The van der Waals surface area contributed by atoms with E-state index < -0.39 is 10.0 Å². The third kappa shape index (κ3) is 7.67. The lowest BCUT2D eigenvalue weighted by Crippen LogP contribution is -2.29. The van der Waals surface area contributed by atoms with Gasteiger partial charge in [0.2, 0.25) is 15.9 Å². The molecule has 1 fully saturated rings. The van der Waals surface area contributed by atoms with Gasteiger partial charge in [0.1, 0.15) is 0 Å². The second-order valence-corrected chi connectivity index (χ2v) is 7.46. The van der Waals surface area contributed by atoms with Crippen molar-refractivity contribution >= 4 is 39.7 Å². The van der Waals surface area contributed by atoms with Crippen LogP contribution in [0.2, 0.25) is 0 Å². The number of rotatable bonds is 9. The molecule has 1 aromatic rings. The van der Waals surface area contributed by atoms with Gasteiger partial charge in [0, 0.05) is 11.4 Å². The topological polar surface area (TPSA) is 87.3 Å². The number of hydrogen-bond acceptors (Lipinski definition) is 4. The lowest BCUT2D eigenvalue weighted by Gasteiger charge is -2.09. The van der Waals surface area contributed by atoms with Gasteiger partial charge in [-0.1, -0.05) is 6.92 Å². The van der Waals surface area contributed by atoms with Crippen LogP contribution in [0.4, 0.5) is 11.4 Å². The molecule has 8 heteroatoms. The minimum absolute atomic E-state index is 0. The second kappa shape index (κ2) is 9.10. The molecule has 0 unspecified atom stereocenters. The molecule has 3 N–H and O–H groups in total. The Bertz CT molecular complexity index is 601. The average Bonchev–Trinajstić information content (AvgIpc) is 3.25. The van der Waals surface area contributed by atoms with Crippen LogP contribution in [0, 0.1) is 5.92 Å². The Morgan fingerprint density at radius 1 is 1.17 bits per heavy atom. The number of carbonyl (C=O) groups excluding carboxylic acids is 1. The number of amides is 1. The zero-order chi connectivity index (χ0) is 16.0. The normalized spacial score (nSPS) is 14.0. The van der Waals surface area contributed by atoms with E-state index in [-0.39, 0.29) is 24.1 Å². The van der Waals surface area contributed by atoms with Gasteiger partial charge >= 0.3 is 0 Å². The summed E-state index contributed by atoms with van der Waals surface area (Å²) in [6.45, 7) is 3.00. The number of hydrogen-bond donors (Lipinski definition) is 3. The highest BCUT2D eigenvalue weighted by atomic mass is 35.5. The predicted molar refractivity (Wildman–Crippen MR) is 95.6 cm³/mol. The molecule has 0 aliphatic heterocycles. The molecule has 1 aliphatic carbocycles. The van der Waals surface area contributed by atoms with Gasteiger partial charge in [-0.05, 0) is 56.0 Å². The smallest absolute Gasteiger partial charge is 0.238 e. The Morgan fingerprint density at radius 2 is 1.78 bits per heavy atom. The highest BCUT2D eigenvalue weighted by molar-refractivity contribution is 7.92. The fourth-order valence-corrected chi connectivity index (χ4v) is 3.17. The van der Waals surface area contributed by atoms with E-state index in [2.05, 4.69) is 15.4 Å². The van der Waals surface area contributed by atoms with E-state index >= 15 is 0 Å². The summed E-state index contributed by atoms with van der Waals surface area (Å²) in [4.78, 5) is 11.7. The number of carbonyl (C=O) groups is 1. The molecular weight excluding hydrogens is 338 g/mol. The molecule has 2 rings (SSSR count). The molecule has 0 aromatic heterocycles. The first-order chi connectivity index (χ1) is 10.5. The zero-order valence-corrected chi connectivity index (χ0v) is 14.8. The molecule has 0 atom stereocenters. The third-order valence-corrected chi connectivity index (χ3v) is 4.82. The van der Waals surface area contributed by atoms with Crippen LogP contribution in [-0.2, 0) is 14.8 Å². The van der Waals surface area contributed by atoms with Crippen molar-refractivity contribution < 1.29 is 13.2 Å². The summed E-state index contributed by atoms with van der Waals surface area (Å²) in [6.07, 6.45) is 3.07. The van der Waals surface area contributed by atoms with Crippen molar-refractivity contribution in [2.75, 3.05) is 28.9 Å². The maximum Gasteiger partial charge on any atom is 0.238 e. The van der Waals surface area contributed by atoms with Crippen LogP contribution >= 0.6 is 12.4 Å². The number of anilines is 2. The summed E-state index contributed by atoms with van der Waals surface area (Å²) in [5.74, 6) is 0.737. The lowest BCUT2D eigenvalue weighted by atomic mass is 10.3. The fraction of sp³-hybridized carbons (Fsp3) is 0.533. The van der Waals surface area contributed by atoms with Crippen molar-refractivity contribution in [3.8, 4) is 0 Å². The highest BCUT2D eigenvalue weighted by Crippen LogP contribution is 2.27. The predicted octanol–water partition coefficient (Wildman–Crippen LogP) is 2.20. The fourth-order valence-electron chi connectivity index (χ4n) is 2.04. The lowest BCUT2D eigenvalue weighted by molar-refractivity contribution is -0.115. The van der Waals surface area contributed by atoms with Crippen LogP contribution in [0.25, 0.3) is 0 Å². The quantitative estimate of drug-likeness (QED) is 0.629. The summed E-state index contributed by atoms with van der Waals surface area (Å²) in [5.41, 5.74) is 1.15. The first kappa shape index (κ1) is 19.7. The highest BCUT2D eigenvalue weighted by Gasteiger charge is 2.20. The average molecular weight is 362 g/mol. The van der Waals surface area contributed by atoms with Crippen LogP contribution in [0.15, 0.2) is 24.3 Å². The van der Waals surface area contributed by atoms with Gasteiger partial charge in [-0.2, -0.15) is 0 Å². The molecule has 1 aliphatic rings. The minimum atomic E-state index is -3.28. The number of benzene rings is 1. The molecule has 130 valence electrons. The molecular formula is C15H24ClN3O3S. The van der Waals surface area contributed by atoms with Crippen molar-refractivity contribution in [1.82, 2.24) is 5.32 Å². The van der Waals surface area contributed by atoms with E-state index in [0.29, 0.717) is 24.3 Å². The first-order valence-electron chi connectivity index (χ1n) is 7.59. The van der Waals surface area contributed by atoms with Crippen molar-refractivity contribution in [2.24, 2.45) is 5.92 Å². The Kier molecular flexibility index (Phi) is 7.81. The molecule has 1 amide bonds. The van der Waals surface area contributed by atoms with E-state index in [1.807, 2.05) is 6.92 Å². The Balaban J connectivity index is 0.00000264. The Morgan fingerprint density at radius 3 is 2.35 bits per heavy atom. The van der Waals surface area contributed by atoms with Crippen LogP contribution in [0.3, 0.4) is 0 Å². The van der Waals surface area contributed by atoms with Crippen LogP contribution in [0.1, 0.15) is 26.2 Å². The molecule has 0 bridgehead atoms. The number of nitrogens with one attached hydrogen (secondary N) is 3. The van der Waals surface area contributed by atoms with Gasteiger partial charge in [-0.3, -0.25) is 9.52 Å². The van der Waals surface area contributed by atoms with Crippen molar-refractivity contribution in [3.05, 3.63) is 24.3 Å². The van der Waals surface area contributed by atoms with Gasteiger partial charge < -0.3 is 10.6 Å². The molecule has 0 saturated heterocycles. The summed E-state index contributed by atoms with van der Waals surface area (Å²) in [5, 5.41) is 5.89. The maximum atomic E-state index is 11.7. The molecule has 23 heavy (non-hydrogen) atoms. The molecule has 0 spiro atoms. The van der Waals surface area contributed by atoms with Gasteiger partial charge in [0.15, 0.2) is 0 Å². The molecule has 0 radical (unpaired) electrons. The Hall–Kier alpha value is -1.31. The van der Waals surface area contributed by atoms with E-state index in [1.54, 1.807) is 24.3 Å². The third-order valence-electron chi connectivity index (χ3n) is 3.33. The van der Waals surface area contributed by atoms with Crippen LogP contribution in [0.5, 0.6) is 0 Å². The van der Waals surface area contributed by atoms with Crippen LogP contribution < -0.4 is 15.4 Å². The summed E-state index contributed by atoms with van der Waals surface area (Å²) in [6, 6.07) is 6.64. The number of sulfonamides is 1. The summed E-state index contributed by atoms with van der Waals surface area (Å²) < 4.78 is 25.8. The standard InChI is InChI=1S/C15H23N3O3S.ClH/c1-2-9-22(20,21)18-14-7-5-13(6-8-14)17-15(19)11-16-10-12-3-4-12;/h5-8,12,16,18H,2-4,9-11H2,1H3,(H,17,19);1H. The zero-order valence-electron chi connectivity index (χ0n) is 13.2. The summed E-state index contributed by atoms with van der Waals surface area (Å²) in [7, 11) is -3.28. The molecule has 1 saturated carbocycles. The van der Waals surface area contributed by atoms with Crippen LogP contribution in [-0.4, -0.2) is 33.2 Å². The van der Waals surface area contributed by atoms with E-state index in [4.69, 9.17) is 0 Å². The summed E-state index contributed by atoms with van der Waals surface area (Å²) >= 11 is 0. The molecule has 1 aromatic carbocycles. The largest absolute Gasteiger partial charge is 0.325 e. The van der Waals surface area contributed by atoms with Crippen molar-refractivity contribution in [1.29, 1.82) is 0 Å². The number of halogens is 1. The van der Waals surface area contributed by atoms with Crippen molar-refractivity contribution in [3.63, 3.8) is 0 Å². The maximum absolute atomic E-state index is 11.7. The second-order valence-electron chi connectivity index (χ2n) is 5.62. The van der Waals surface area contributed by atoms with Crippen molar-refractivity contribution in [2.45, 2.75) is 26.2 Å². The van der Waals surface area contributed by atoms with Gasteiger partial charge in [0.05, 0.1) is 12.3 Å². The van der Waals surface area contributed by atoms with E-state index in [1.165, 1.54) is 12.8 Å². The monoisotopic (exact) mass is 361 g/mol. The SMILES string of the molecule is CCCS(=O)(=O)Nc1ccc(NC(=O)CNCC2CC2)cc1.Cl.